The first-order valence-electron chi connectivity index (χ1n) is 6.15. The van der Waals surface area contributed by atoms with Crippen LogP contribution in [0.1, 0.15) is 12.8 Å². The van der Waals surface area contributed by atoms with Gasteiger partial charge < -0.3 is 14.7 Å². The average molecular weight is 304 g/mol. The Labute approximate surface area is 119 Å². The van der Waals surface area contributed by atoms with Crippen molar-refractivity contribution in [3.8, 4) is 0 Å². The van der Waals surface area contributed by atoms with Crippen LogP contribution in [0.2, 0.25) is 4.47 Å². The van der Waals surface area contributed by atoms with Crippen molar-refractivity contribution >= 4 is 34.0 Å². The minimum Gasteiger partial charge on any atom is -0.481 e. The number of hydrogen-bond acceptors (Lipinski definition) is 6. The predicted molar refractivity (Wildman–Crippen MR) is 70.7 cm³/mol. The Balaban J connectivity index is 1.86. The molecule has 0 saturated carbocycles. The minimum atomic E-state index is -0.736. The molecular weight excluding hydrogens is 290 g/mol. The Morgan fingerprint density at radius 2 is 2.21 bits per heavy atom. The Kier molecular flexibility index (Phi) is 3.36. The predicted octanol–water partition coefficient (Wildman–Crippen LogP) is 1.51. The zero-order valence-electron chi connectivity index (χ0n) is 10.2. The number of anilines is 1. The number of aliphatic carboxylic acids is 1. The zero-order valence-corrected chi connectivity index (χ0v) is 11.8. The van der Waals surface area contributed by atoms with Crippen LogP contribution in [0.5, 0.6) is 0 Å². The highest BCUT2D eigenvalue weighted by atomic mass is 35.5. The Hall–Kier alpha value is -0.920. The second kappa shape index (κ2) is 4.88. The van der Waals surface area contributed by atoms with Crippen LogP contribution in [0, 0.1) is 11.3 Å². The van der Waals surface area contributed by atoms with Crippen molar-refractivity contribution in [3.05, 3.63) is 4.47 Å². The lowest BCUT2D eigenvalue weighted by Gasteiger charge is -2.35. The van der Waals surface area contributed by atoms with Gasteiger partial charge in [-0.3, -0.25) is 4.79 Å². The van der Waals surface area contributed by atoms with Gasteiger partial charge in [0.25, 0.3) is 0 Å². The SMILES string of the molecule is O=C(O)C1CN(c2nnc(Cl)s2)CC12CCOCC2. The number of rotatable bonds is 2. The van der Waals surface area contributed by atoms with Crippen molar-refractivity contribution in [3.63, 3.8) is 0 Å². The Morgan fingerprint density at radius 1 is 1.47 bits per heavy atom. The van der Waals surface area contributed by atoms with Gasteiger partial charge in [0.2, 0.25) is 9.60 Å². The van der Waals surface area contributed by atoms with E-state index in [2.05, 4.69) is 10.2 Å². The van der Waals surface area contributed by atoms with Crippen molar-refractivity contribution < 1.29 is 14.6 Å². The van der Waals surface area contributed by atoms with Gasteiger partial charge in [0.15, 0.2) is 0 Å². The topological polar surface area (TPSA) is 75.5 Å². The highest BCUT2D eigenvalue weighted by Crippen LogP contribution is 2.46. The van der Waals surface area contributed by atoms with Gasteiger partial charge >= 0.3 is 5.97 Å². The molecule has 2 aliphatic rings. The van der Waals surface area contributed by atoms with Gasteiger partial charge in [-0.2, -0.15) is 0 Å². The molecule has 1 aromatic rings. The fraction of sp³-hybridized carbons (Fsp3) is 0.727. The van der Waals surface area contributed by atoms with Crippen LogP contribution in [-0.4, -0.2) is 47.6 Å². The summed E-state index contributed by atoms with van der Waals surface area (Å²) >= 11 is 7.09. The van der Waals surface area contributed by atoms with E-state index in [1.807, 2.05) is 4.90 Å². The van der Waals surface area contributed by atoms with E-state index in [1.165, 1.54) is 11.3 Å². The number of carbonyl (C=O) groups is 1. The van der Waals surface area contributed by atoms with E-state index < -0.39 is 5.97 Å². The van der Waals surface area contributed by atoms with E-state index >= 15 is 0 Å². The van der Waals surface area contributed by atoms with E-state index in [9.17, 15) is 9.90 Å². The summed E-state index contributed by atoms with van der Waals surface area (Å²) in [7, 11) is 0. The first kappa shape index (κ1) is 13.1. The highest BCUT2D eigenvalue weighted by Gasteiger charge is 2.51. The maximum absolute atomic E-state index is 11.5. The van der Waals surface area contributed by atoms with Crippen molar-refractivity contribution in [2.75, 3.05) is 31.2 Å². The summed E-state index contributed by atoms with van der Waals surface area (Å²) in [6.45, 7) is 2.43. The van der Waals surface area contributed by atoms with Crippen LogP contribution < -0.4 is 4.90 Å². The van der Waals surface area contributed by atoms with Gasteiger partial charge in [0.1, 0.15) is 0 Å². The molecule has 3 heterocycles. The molecule has 1 aromatic heterocycles. The summed E-state index contributed by atoms with van der Waals surface area (Å²) in [5, 5.41) is 18.0. The standard InChI is InChI=1S/C11H14ClN3O3S/c12-9-13-14-10(19-9)15-5-7(8(16)17)11(6-15)1-3-18-4-2-11/h7H,1-6H2,(H,16,17). The molecular formula is C11H14ClN3O3S. The number of carboxylic acid groups (broad SMARTS) is 1. The molecule has 0 aromatic carbocycles. The quantitative estimate of drug-likeness (QED) is 0.892. The molecule has 6 nitrogen and oxygen atoms in total. The third kappa shape index (κ3) is 2.30. The second-order valence-electron chi connectivity index (χ2n) is 5.08. The molecule has 2 fully saturated rings. The normalized spacial score (nSPS) is 25.9. The van der Waals surface area contributed by atoms with Gasteiger partial charge in [-0.1, -0.05) is 11.3 Å². The van der Waals surface area contributed by atoms with Crippen LogP contribution in [-0.2, 0) is 9.53 Å². The number of aromatic nitrogens is 2. The van der Waals surface area contributed by atoms with Crippen molar-refractivity contribution in [1.29, 1.82) is 0 Å². The highest BCUT2D eigenvalue weighted by molar-refractivity contribution is 7.19. The zero-order chi connectivity index (χ0) is 13.5. The van der Waals surface area contributed by atoms with Crippen molar-refractivity contribution in [1.82, 2.24) is 10.2 Å². The monoisotopic (exact) mass is 303 g/mol. The first-order valence-corrected chi connectivity index (χ1v) is 7.35. The molecule has 2 aliphatic heterocycles. The smallest absolute Gasteiger partial charge is 0.308 e. The molecule has 1 atom stereocenters. The van der Waals surface area contributed by atoms with Crippen molar-refractivity contribution in [2.45, 2.75) is 12.8 Å². The van der Waals surface area contributed by atoms with E-state index in [0.717, 1.165) is 12.8 Å². The minimum absolute atomic E-state index is 0.206. The largest absolute Gasteiger partial charge is 0.481 e. The molecule has 0 amide bonds. The molecule has 3 rings (SSSR count). The lowest BCUT2D eigenvalue weighted by molar-refractivity contribution is -0.146. The summed E-state index contributed by atoms with van der Waals surface area (Å²) in [5.74, 6) is -1.11. The summed E-state index contributed by atoms with van der Waals surface area (Å²) in [6, 6.07) is 0. The Bertz CT molecular complexity index is 489. The van der Waals surface area contributed by atoms with Gasteiger partial charge in [0.05, 0.1) is 5.92 Å². The van der Waals surface area contributed by atoms with Crippen LogP contribution >= 0.6 is 22.9 Å². The molecule has 19 heavy (non-hydrogen) atoms. The van der Waals surface area contributed by atoms with Gasteiger partial charge in [-0.25, -0.2) is 0 Å². The summed E-state index contributed by atoms with van der Waals surface area (Å²) in [4.78, 5) is 13.5. The fourth-order valence-electron chi connectivity index (χ4n) is 3.07. The van der Waals surface area contributed by atoms with E-state index in [0.29, 0.717) is 35.9 Å². The summed E-state index contributed by atoms with van der Waals surface area (Å²) < 4.78 is 5.76. The van der Waals surface area contributed by atoms with Crippen LogP contribution in [0.25, 0.3) is 0 Å². The molecule has 1 spiro atoms. The maximum atomic E-state index is 11.5. The van der Waals surface area contributed by atoms with E-state index in [1.54, 1.807) is 0 Å². The molecule has 2 saturated heterocycles. The Morgan fingerprint density at radius 3 is 2.79 bits per heavy atom. The fourth-order valence-corrected chi connectivity index (χ4v) is 3.89. The lowest BCUT2D eigenvalue weighted by Crippen LogP contribution is -2.40. The van der Waals surface area contributed by atoms with Crippen LogP contribution in [0.4, 0.5) is 5.13 Å². The van der Waals surface area contributed by atoms with Gasteiger partial charge in [-0.15, -0.1) is 10.2 Å². The molecule has 0 bridgehead atoms. The number of halogens is 1. The third-order valence-corrected chi connectivity index (χ3v) is 5.17. The third-order valence-electron chi connectivity index (χ3n) is 4.09. The number of ether oxygens (including phenoxy) is 1. The average Bonchev–Trinajstić information content (AvgIpc) is 2.95. The molecule has 104 valence electrons. The summed E-state index contributed by atoms with van der Waals surface area (Å²) in [6.07, 6.45) is 1.57. The molecule has 0 radical (unpaired) electrons. The molecule has 1 unspecified atom stereocenters. The second-order valence-corrected chi connectivity index (χ2v) is 6.62. The number of carboxylic acids is 1. The van der Waals surface area contributed by atoms with Crippen LogP contribution in [0.3, 0.4) is 0 Å². The number of hydrogen-bond donors (Lipinski definition) is 1. The lowest BCUT2D eigenvalue weighted by atomic mass is 9.72. The molecule has 1 N–H and O–H groups in total. The van der Waals surface area contributed by atoms with Crippen molar-refractivity contribution in [2.24, 2.45) is 11.3 Å². The molecule has 0 aliphatic carbocycles. The van der Waals surface area contributed by atoms with E-state index in [4.69, 9.17) is 16.3 Å². The van der Waals surface area contributed by atoms with Crippen LogP contribution in [0.15, 0.2) is 0 Å². The summed E-state index contributed by atoms with van der Waals surface area (Å²) in [5.41, 5.74) is -0.206. The maximum Gasteiger partial charge on any atom is 0.308 e. The number of nitrogens with zero attached hydrogens (tertiary/aromatic N) is 3. The van der Waals surface area contributed by atoms with E-state index in [-0.39, 0.29) is 11.3 Å². The van der Waals surface area contributed by atoms with Gasteiger partial charge in [-0.05, 0) is 24.4 Å². The first-order chi connectivity index (χ1) is 9.11. The molecule has 8 heteroatoms. The van der Waals surface area contributed by atoms with Gasteiger partial charge in [0, 0.05) is 31.7 Å².